The number of carbonyl (C=O) groups is 1. The molecule has 2 aromatic heterocycles. The maximum atomic E-state index is 11.5. The van der Waals surface area contributed by atoms with Gasteiger partial charge in [-0.25, -0.2) is 0 Å². The van der Waals surface area contributed by atoms with E-state index in [9.17, 15) is 4.79 Å². The Bertz CT molecular complexity index is 743. The second-order valence-corrected chi connectivity index (χ2v) is 4.57. The lowest BCUT2D eigenvalue weighted by Gasteiger charge is -2.07. The molecular weight excluding hydrogens is 236 g/mol. The first-order chi connectivity index (χ1) is 9.24. The largest absolute Gasteiger partial charge is 0.339 e. The summed E-state index contributed by atoms with van der Waals surface area (Å²) >= 11 is 0. The van der Waals surface area contributed by atoms with Crippen LogP contribution in [0.3, 0.4) is 0 Å². The highest BCUT2D eigenvalue weighted by atomic mass is 16.1. The van der Waals surface area contributed by atoms with Crippen LogP contribution in [-0.4, -0.2) is 15.3 Å². The molecule has 0 aliphatic rings. The van der Waals surface area contributed by atoms with Gasteiger partial charge in [-0.15, -0.1) is 0 Å². The maximum Gasteiger partial charge on any atom is 0.176 e. The van der Waals surface area contributed by atoms with Crippen LogP contribution in [0.1, 0.15) is 23.1 Å². The van der Waals surface area contributed by atoms with Crippen molar-refractivity contribution >= 4 is 16.7 Å². The topological polar surface area (TPSA) is 34.9 Å². The molecule has 0 saturated carbocycles. The molecule has 0 N–H and O–H groups in total. The maximum absolute atomic E-state index is 11.5. The van der Waals surface area contributed by atoms with Gasteiger partial charge in [-0.1, -0.05) is 24.3 Å². The van der Waals surface area contributed by atoms with Crippen LogP contribution >= 0.6 is 0 Å². The molecule has 3 rings (SSSR count). The van der Waals surface area contributed by atoms with Gasteiger partial charge >= 0.3 is 0 Å². The number of pyridine rings is 1. The molecule has 0 amide bonds. The number of ketones is 1. The predicted octanol–water partition coefficient (Wildman–Crippen LogP) is 3.29. The van der Waals surface area contributed by atoms with E-state index in [4.69, 9.17) is 0 Å². The lowest BCUT2D eigenvalue weighted by molar-refractivity contribution is 0.100. The molecule has 0 unspecified atom stereocenters. The van der Waals surface area contributed by atoms with E-state index in [1.165, 1.54) is 0 Å². The van der Waals surface area contributed by atoms with Gasteiger partial charge in [-0.3, -0.25) is 9.78 Å². The van der Waals surface area contributed by atoms with Crippen molar-refractivity contribution in [2.45, 2.75) is 13.5 Å². The average molecular weight is 250 g/mol. The van der Waals surface area contributed by atoms with E-state index < -0.39 is 0 Å². The number of carbonyl (C=O) groups excluding carboxylic acids is 1. The van der Waals surface area contributed by atoms with Crippen molar-refractivity contribution in [1.82, 2.24) is 9.55 Å². The van der Waals surface area contributed by atoms with E-state index in [-0.39, 0.29) is 5.78 Å². The summed E-state index contributed by atoms with van der Waals surface area (Å²) < 4.78 is 1.93. The molecule has 0 aliphatic carbocycles. The van der Waals surface area contributed by atoms with Crippen LogP contribution in [0.5, 0.6) is 0 Å². The van der Waals surface area contributed by atoms with Gasteiger partial charge in [0.05, 0.1) is 23.4 Å². The summed E-state index contributed by atoms with van der Waals surface area (Å²) in [6, 6.07) is 15.8. The molecule has 0 bridgehead atoms. The first-order valence-corrected chi connectivity index (χ1v) is 6.25. The molecule has 94 valence electrons. The number of para-hydroxylation sites is 1. The van der Waals surface area contributed by atoms with Gasteiger partial charge in [0.1, 0.15) is 0 Å². The SMILES string of the molecule is CC(=O)c1cccn1Cc1ccc2ccccc2n1. The summed E-state index contributed by atoms with van der Waals surface area (Å²) in [4.78, 5) is 16.1. The zero-order chi connectivity index (χ0) is 13.2. The summed E-state index contributed by atoms with van der Waals surface area (Å²) in [5.74, 6) is 0.0748. The molecule has 19 heavy (non-hydrogen) atoms. The van der Waals surface area contributed by atoms with E-state index in [1.807, 2.05) is 53.2 Å². The Hall–Kier alpha value is -2.42. The van der Waals surface area contributed by atoms with E-state index in [0.717, 1.165) is 22.3 Å². The number of Topliss-reactive ketones (excluding diaryl/α,β-unsaturated/α-hetero) is 1. The lowest BCUT2D eigenvalue weighted by Crippen LogP contribution is -2.07. The van der Waals surface area contributed by atoms with Gasteiger partial charge in [-0.05, 0) is 24.3 Å². The number of nitrogens with zero attached hydrogens (tertiary/aromatic N) is 2. The molecule has 2 heterocycles. The van der Waals surface area contributed by atoms with E-state index in [1.54, 1.807) is 6.92 Å². The summed E-state index contributed by atoms with van der Waals surface area (Å²) in [6.45, 7) is 2.20. The monoisotopic (exact) mass is 250 g/mol. The lowest BCUT2D eigenvalue weighted by atomic mass is 10.2. The molecule has 3 aromatic rings. The Morgan fingerprint density at radius 2 is 1.95 bits per heavy atom. The van der Waals surface area contributed by atoms with Gasteiger partial charge in [0, 0.05) is 18.5 Å². The molecule has 0 saturated heterocycles. The van der Waals surface area contributed by atoms with Crippen LogP contribution in [0, 0.1) is 0 Å². The molecule has 0 fully saturated rings. The number of aromatic nitrogens is 2. The Balaban J connectivity index is 1.97. The highest BCUT2D eigenvalue weighted by Gasteiger charge is 2.06. The molecule has 3 heteroatoms. The molecule has 0 spiro atoms. The standard InChI is InChI=1S/C16H14N2O/c1-12(19)16-7-4-10-18(16)11-14-9-8-13-5-2-3-6-15(13)17-14/h2-10H,11H2,1H3. The van der Waals surface area contributed by atoms with E-state index >= 15 is 0 Å². The van der Waals surface area contributed by atoms with Crippen LogP contribution < -0.4 is 0 Å². The van der Waals surface area contributed by atoms with Crippen LogP contribution in [0.25, 0.3) is 10.9 Å². The van der Waals surface area contributed by atoms with Gasteiger partial charge in [0.25, 0.3) is 0 Å². The Labute approximate surface area is 111 Å². The minimum atomic E-state index is 0.0748. The van der Waals surface area contributed by atoms with Crippen molar-refractivity contribution in [3.63, 3.8) is 0 Å². The highest BCUT2D eigenvalue weighted by molar-refractivity contribution is 5.92. The minimum Gasteiger partial charge on any atom is -0.339 e. The van der Waals surface area contributed by atoms with Crippen LogP contribution in [0.4, 0.5) is 0 Å². The molecule has 3 nitrogen and oxygen atoms in total. The molecule has 0 radical (unpaired) electrons. The highest BCUT2D eigenvalue weighted by Crippen LogP contribution is 2.13. The Kier molecular flexibility index (Phi) is 2.88. The summed E-state index contributed by atoms with van der Waals surface area (Å²) in [5, 5.41) is 1.13. The fraction of sp³-hybridized carbons (Fsp3) is 0.125. The first-order valence-electron chi connectivity index (χ1n) is 6.25. The summed E-state index contributed by atoms with van der Waals surface area (Å²) in [5.41, 5.74) is 2.66. The van der Waals surface area contributed by atoms with Crippen molar-refractivity contribution in [3.05, 3.63) is 66.1 Å². The van der Waals surface area contributed by atoms with Crippen molar-refractivity contribution in [1.29, 1.82) is 0 Å². The minimum absolute atomic E-state index is 0.0748. The second-order valence-electron chi connectivity index (χ2n) is 4.57. The van der Waals surface area contributed by atoms with Gasteiger partial charge in [0.15, 0.2) is 5.78 Å². The number of fused-ring (bicyclic) bond motifs is 1. The summed E-state index contributed by atoms with van der Waals surface area (Å²) in [6.07, 6.45) is 1.91. The molecular formula is C16H14N2O. The van der Waals surface area contributed by atoms with Crippen LogP contribution in [0.15, 0.2) is 54.7 Å². The van der Waals surface area contributed by atoms with Crippen LogP contribution in [-0.2, 0) is 6.54 Å². The Morgan fingerprint density at radius 1 is 1.11 bits per heavy atom. The van der Waals surface area contributed by atoms with E-state index in [0.29, 0.717) is 6.54 Å². The number of hydrogen-bond donors (Lipinski definition) is 0. The normalized spacial score (nSPS) is 10.8. The van der Waals surface area contributed by atoms with Crippen molar-refractivity contribution in [2.24, 2.45) is 0 Å². The number of rotatable bonds is 3. The van der Waals surface area contributed by atoms with E-state index in [2.05, 4.69) is 11.1 Å². The third-order valence-electron chi connectivity index (χ3n) is 3.18. The van der Waals surface area contributed by atoms with Crippen molar-refractivity contribution in [2.75, 3.05) is 0 Å². The second kappa shape index (κ2) is 4.69. The van der Waals surface area contributed by atoms with Crippen LogP contribution in [0.2, 0.25) is 0 Å². The van der Waals surface area contributed by atoms with Crippen molar-refractivity contribution in [3.8, 4) is 0 Å². The molecule has 0 aliphatic heterocycles. The predicted molar refractivity (Wildman–Crippen MR) is 75.3 cm³/mol. The fourth-order valence-corrected chi connectivity index (χ4v) is 2.24. The third kappa shape index (κ3) is 2.27. The van der Waals surface area contributed by atoms with Gasteiger partial charge < -0.3 is 4.57 Å². The summed E-state index contributed by atoms with van der Waals surface area (Å²) in [7, 11) is 0. The van der Waals surface area contributed by atoms with Crippen molar-refractivity contribution < 1.29 is 4.79 Å². The molecule has 0 atom stereocenters. The fourth-order valence-electron chi connectivity index (χ4n) is 2.24. The average Bonchev–Trinajstić information content (AvgIpc) is 2.87. The zero-order valence-corrected chi connectivity index (χ0v) is 10.7. The smallest absolute Gasteiger partial charge is 0.176 e. The Morgan fingerprint density at radius 3 is 2.79 bits per heavy atom. The van der Waals surface area contributed by atoms with Gasteiger partial charge in [-0.2, -0.15) is 0 Å². The van der Waals surface area contributed by atoms with Gasteiger partial charge in [0.2, 0.25) is 0 Å². The third-order valence-corrected chi connectivity index (χ3v) is 3.18. The zero-order valence-electron chi connectivity index (χ0n) is 10.7. The first kappa shape index (κ1) is 11.7. The quantitative estimate of drug-likeness (QED) is 0.668. The molecule has 1 aromatic carbocycles. The number of benzene rings is 1. The number of hydrogen-bond acceptors (Lipinski definition) is 2.